The molecule has 0 unspecified atom stereocenters. The van der Waals surface area contributed by atoms with Gasteiger partial charge < -0.3 is 14.4 Å². The Morgan fingerprint density at radius 3 is 2.90 bits per heavy atom. The van der Waals surface area contributed by atoms with Gasteiger partial charge in [-0.2, -0.15) is 0 Å². The molecule has 6 nitrogen and oxygen atoms in total. The number of benzene rings is 1. The van der Waals surface area contributed by atoms with E-state index in [2.05, 4.69) is 28.0 Å². The van der Waals surface area contributed by atoms with E-state index >= 15 is 0 Å². The standard InChI is InChI=1S/C23H31N3O3S/c1-2-29-21(27)23-9-7-18(25-11-13-28-14-12-25)15-17(23)8-10-26(16-23)22-24-19-5-3-4-6-20(19)30-22/h3-6,17-18H,2,7-16H2,1H3/t17-,18+,23-/m1/s1. The minimum Gasteiger partial charge on any atom is -0.466 e. The fraction of sp³-hybridized carbons (Fsp3) is 0.652. The number of nitrogens with zero attached hydrogens (tertiary/aromatic N) is 3. The van der Waals surface area contributed by atoms with E-state index in [1.165, 1.54) is 4.70 Å². The number of esters is 1. The number of para-hydroxylation sites is 1. The molecule has 2 saturated heterocycles. The van der Waals surface area contributed by atoms with E-state index in [1.807, 2.05) is 13.0 Å². The summed E-state index contributed by atoms with van der Waals surface area (Å²) in [7, 11) is 0. The zero-order valence-corrected chi connectivity index (χ0v) is 18.5. The number of piperidine rings is 1. The first-order valence-electron chi connectivity index (χ1n) is 11.3. The number of morpholine rings is 1. The molecule has 0 radical (unpaired) electrons. The van der Waals surface area contributed by atoms with Gasteiger partial charge >= 0.3 is 5.97 Å². The zero-order chi connectivity index (χ0) is 20.6. The molecule has 5 rings (SSSR count). The number of rotatable bonds is 4. The van der Waals surface area contributed by atoms with Crippen molar-refractivity contribution in [2.45, 2.75) is 38.6 Å². The van der Waals surface area contributed by atoms with E-state index in [0.29, 0.717) is 18.6 Å². The predicted octanol–water partition coefficient (Wildman–Crippen LogP) is 3.56. The van der Waals surface area contributed by atoms with Gasteiger partial charge in [0, 0.05) is 32.2 Å². The Kier molecular flexibility index (Phi) is 5.69. The first kappa shape index (κ1) is 20.2. The first-order chi connectivity index (χ1) is 14.7. The summed E-state index contributed by atoms with van der Waals surface area (Å²) in [6.07, 6.45) is 4.07. The second-order valence-corrected chi connectivity index (χ2v) is 9.83. The van der Waals surface area contributed by atoms with E-state index in [9.17, 15) is 4.79 Å². The van der Waals surface area contributed by atoms with Crippen molar-refractivity contribution in [2.24, 2.45) is 11.3 Å². The maximum absolute atomic E-state index is 13.3. The van der Waals surface area contributed by atoms with Gasteiger partial charge in [0.15, 0.2) is 5.13 Å². The number of hydrogen-bond acceptors (Lipinski definition) is 7. The van der Waals surface area contributed by atoms with E-state index in [1.54, 1.807) is 11.3 Å². The summed E-state index contributed by atoms with van der Waals surface area (Å²) in [6.45, 7) is 7.74. The quantitative estimate of drug-likeness (QED) is 0.693. The third-order valence-electron chi connectivity index (χ3n) is 7.28. The molecule has 162 valence electrons. The van der Waals surface area contributed by atoms with E-state index in [4.69, 9.17) is 14.5 Å². The number of anilines is 1. The lowest BCUT2D eigenvalue weighted by atomic mass is 9.61. The number of carbonyl (C=O) groups is 1. The number of thiazole rings is 1. The Morgan fingerprint density at radius 1 is 1.27 bits per heavy atom. The molecule has 0 spiro atoms. The third kappa shape index (κ3) is 3.61. The van der Waals surface area contributed by atoms with Crippen LogP contribution in [0.25, 0.3) is 10.2 Å². The van der Waals surface area contributed by atoms with Crippen molar-refractivity contribution in [1.82, 2.24) is 9.88 Å². The Balaban J connectivity index is 1.39. The highest BCUT2D eigenvalue weighted by Gasteiger charge is 2.54. The van der Waals surface area contributed by atoms with Gasteiger partial charge in [0.1, 0.15) is 0 Å². The van der Waals surface area contributed by atoms with Gasteiger partial charge in [-0.05, 0) is 50.7 Å². The van der Waals surface area contributed by atoms with Crippen molar-refractivity contribution >= 4 is 32.7 Å². The molecule has 1 aliphatic carbocycles. The lowest BCUT2D eigenvalue weighted by Crippen LogP contribution is -2.59. The highest BCUT2D eigenvalue weighted by atomic mass is 32.1. The van der Waals surface area contributed by atoms with Crippen molar-refractivity contribution in [3.63, 3.8) is 0 Å². The average molecular weight is 430 g/mol. The predicted molar refractivity (Wildman–Crippen MR) is 119 cm³/mol. The van der Waals surface area contributed by atoms with Crippen LogP contribution in [0.15, 0.2) is 24.3 Å². The molecular weight excluding hydrogens is 398 g/mol. The van der Waals surface area contributed by atoms with Gasteiger partial charge in [-0.15, -0.1) is 0 Å². The highest BCUT2D eigenvalue weighted by Crippen LogP contribution is 2.49. The fourth-order valence-corrected chi connectivity index (χ4v) is 6.67. The van der Waals surface area contributed by atoms with Crippen molar-refractivity contribution in [1.29, 1.82) is 0 Å². The van der Waals surface area contributed by atoms with E-state index < -0.39 is 5.41 Å². The summed E-state index contributed by atoms with van der Waals surface area (Å²) in [6, 6.07) is 8.85. The van der Waals surface area contributed by atoms with Crippen LogP contribution in [0.3, 0.4) is 0 Å². The van der Waals surface area contributed by atoms with Crippen molar-refractivity contribution in [2.75, 3.05) is 50.9 Å². The number of ether oxygens (including phenoxy) is 2. The molecule has 1 saturated carbocycles. The molecule has 0 N–H and O–H groups in total. The Bertz CT molecular complexity index is 864. The van der Waals surface area contributed by atoms with Crippen LogP contribution >= 0.6 is 11.3 Å². The molecule has 3 heterocycles. The third-order valence-corrected chi connectivity index (χ3v) is 8.38. The van der Waals surface area contributed by atoms with E-state index in [0.717, 1.165) is 75.7 Å². The van der Waals surface area contributed by atoms with Crippen LogP contribution in [-0.2, 0) is 14.3 Å². The topological polar surface area (TPSA) is 54.9 Å². The first-order valence-corrected chi connectivity index (χ1v) is 12.1. The fourth-order valence-electron chi connectivity index (χ4n) is 5.67. The van der Waals surface area contributed by atoms with Gasteiger partial charge in [0.05, 0.1) is 35.5 Å². The SMILES string of the molecule is CCOC(=O)[C@@]12CC[C@H](N3CCOCC3)C[C@H]1CCN(c1nc3ccccc3s1)C2. The molecule has 3 atom stereocenters. The lowest BCUT2D eigenvalue weighted by molar-refractivity contribution is -0.164. The van der Waals surface area contributed by atoms with Gasteiger partial charge in [-0.1, -0.05) is 23.5 Å². The minimum absolute atomic E-state index is 0.00115. The zero-order valence-electron chi connectivity index (χ0n) is 17.7. The Morgan fingerprint density at radius 2 is 2.10 bits per heavy atom. The largest absolute Gasteiger partial charge is 0.466 e. The van der Waals surface area contributed by atoms with Crippen molar-refractivity contribution in [3.05, 3.63) is 24.3 Å². The molecule has 1 aromatic carbocycles. The van der Waals surface area contributed by atoms with Gasteiger partial charge in [-0.3, -0.25) is 9.69 Å². The smallest absolute Gasteiger partial charge is 0.314 e. The number of aromatic nitrogens is 1. The number of carbonyl (C=O) groups excluding carboxylic acids is 1. The molecule has 3 fully saturated rings. The Hall–Kier alpha value is -1.70. The summed E-state index contributed by atoms with van der Waals surface area (Å²) < 4.78 is 12.4. The molecule has 7 heteroatoms. The summed E-state index contributed by atoms with van der Waals surface area (Å²) in [5.74, 6) is 0.380. The number of hydrogen-bond donors (Lipinski definition) is 0. The molecule has 2 aromatic rings. The summed E-state index contributed by atoms with van der Waals surface area (Å²) in [5.41, 5.74) is 0.635. The van der Waals surface area contributed by atoms with Crippen molar-refractivity contribution in [3.8, 4) is 0 Å². The highest BCUT2D eigenvalue weighted by molar-refractivity contribution is 7.22. The normalized spacial score (nSPS) is 30.2. The molecule has 2 aliphatic heterocycles. The van der Waals surface area contributed by atoms with Crippen LogP contribution in [0.4, 0.5) is 5.13 Å². The maximum Gasteiger partial charge on any atom is 0.314 e. The second-order valence-electron chi connectivity index (χ2n) is 8.82. The van der Waals surface area contributed by atoms with Crippen LogP contribution in [0.2, 0.25) is 0 Å². The molecule has 3 aliphatic rings. The summed E-state index contributed by atoms with van der Waals surface area (Å²) in [4.78, 5) is 23.1. The van der Waals surface area contributed by atoms with Crippen LogP contribution < -0.4 is 4.90 Å². The summed E-state index contributed by atoms with van der Waals surface area (Å²) in [5, 5.41) is 1.04. The maximum atomic E-state index is 13.3. The number of fused-ring (bicyclic) bond motifs is 2. The van der Waals surface area contributed by atoms with Crippen LogP contribution in [0, 0.1) is 11.3 Å². The average Bonchev–Trinajstić information content (AvgIpc) is 3.23. The molecule has 0 bridgehead atoms. The molecule has 0 amide bonds. The van der Waals surface area contributed by atoms with Crippen LogP contribution in [0.5, 0.6) is 0 Å². The van der Waals surface area contributed by atoms with Crippen LogP contribution in [-0.4, -0.2) is 67.9 Å². The Labute approximate surface area is 182 Å². The van der Waals surface area contributed by atoms with Crippen LogP contribution in [0.1, 0.15) is 32.6 Å². The van der Waals surface area contributed by atoms with Gasteiger partial charge in [-0.25, -0.2) is 4.98 Å². The monoisotopic (exact) mass is 429 g/mol. The summed E-state index contributed by atoms with van der Waals surface area (Å²) >= 11 is 1.73. The van der Waals surface area contributed by atoms with Crippen molar-refractivity contribution < 1.29 is 14.3 Å². The molecule has 30 heavy (non-hydrogen) atoms. The molecular formula is C23H31N3O3S. The minimum atomic E-state index is -0.408. The van der Waals surface area contributed by atoms with Gasteiger partial charge in [0.25, 0.3) is 0 Å². The molecule has 1 aromatic heterocycles. The van der Waals surface area contributed by atoms with E-state index in [-0.39, 0.29) is 5.97 Å². The van der Waals surface area contributed by atoms with Gasteiger partial charge in [0.2, 0.25) is 0 Å². The second kappa shape index (κ2) is 8.44. The lowest BCUT2D eigenvalue weighted by Gasteiger charge is -2.52.